The van der Waals surface area contributed by atoms with Crippen LogP contribution in [0.25, 0.3) is 11.3 Å². The van der Waals surface area contributed by atoms with Gasteiger partial charge < -0.3 is 9.47 Å². The summed E-state index contributed by atoms with van der Waals surface area (Å²) in [5.74, 6) is -2.14. The van der Waals surface area contributed by atoms with Crippen molar-refractivity contribution in [3.8, 4) is 0 Å². The average Bonchev–Trinajstić information content (AvgIpc) is 3.01. The molecule has 2 rings (SSSR count). The molecule has 1 aromatic carbocycles. The highest BCUT2D eigenvalue weighted by atomic mass is 19.4. The van der Waals surface area contributed by atoms with Gasteiger partial charge in [-0.3, -0.25) is 9.67 Å². The van der Waals surface area contributed by atoms with Crippen LogP contribution >= 0.6 is 0 Å². The highest BCUT2D eigenvalue weighted by Crippen LogP contribution is 2.31. The number of carbonyl (C=O) groups excluding carboxylic acids is 1. The number of nitrogens with zero attached hydrogens (tertiary/aromatic N) is 3. The minimum absolute atomic E-state index is 0.0555. The highest BCUT2D eigenvalue weighted by molar-refractivity contribution is 6.18. The molecule has 0 N–H and O–H groups in total. The van der Waals surface area contributed by atoms with E-state index < -0.39 is 18.4 Å². The number of carbonyl (C=O) groups is 1. The Balaban J connectivity index is 2.60. The van der Waals surface area contributed by atoms with E-state index in [1.807, 2.05) is 24.3 Å². The fourth-order valence-corrected chi connectivity index (χ4v) is 3.04. The minimum Gasteiger partial charge on any atom is -0.452 e. The Hall–Kier alpha value is -3.10. The molecule has 0 spiro atoms. The van der Waals surface area contributed by atoms with Gasteiger partial charge in [0.1, 0.15) is 5.69 Å². The third kappa shape index (κ3) is 6.21. The lowest BCUT2D eigenvalue weighted by molar-refractivity contribution is -0.216. The van der Waals surface area contributed by atoms with Crippen LogP contribution in [0, 0.1) is 6.92 Å². The van der Waals surface area contributed by atoms with Crippen molar-refractivity contribution in [1.82, 2.24) is 9.78 Å². The van der Waals surface area contributed by atoms with E-state index in [0.29, 0.717) is 17.0 Å². The molecule has 6 nitrogen and oxygen atoms in total. The van der Waals surface area contributed by atoms with Gasteiger partial charge in [0.25, 0.3) is 0 Å². The second kappa shape index (κ2) is 9.58. The molecule has 0 amide bonds. The Bertz CT molecular complexity index is 1010. The second-order valence-electron chi connectivity index (χ2n) is 8.34. The lowest BCUT2D eigenvalue weighted by Crippen LogP contribution is -2.30. The summed E-state index contributed by atoms with van der Waals surface area (Å²) in [5.41, 5.74) is 3.46. The number of hydrogen-bond donors (Lipinski definition) is 0. The highest BCUT2D eigenvalue weighted by Gasteiger charge is 2.42. The van der Waals surface area contributed by atoms with Crippen LogP contribution in [-0.2, 0) is 26.7 Å². The third-order valence-electron chi connectivity index (χ3n) is 4.59. The molecule has 32 heavy (non-hydrogen) atoms. The van der Waals surface area contributed by atoms with Crippen molar-refractivity contribution in [3.63, 3.8) is 0 Å². The van der Waals surface area contributed by atoms with Crippen LogP contribution in [-0.4, -0.2) is 41.5 Å². The number of alkyl halides is 3. The molecule has 0 aliphatic carbocycles. The van der Waals surface area contributed by atoms with Gasteiger partial charge >= 0.3 is 12.1 Å². The molecule has 174 valence electrons. The van der Waals surface area contributed by atoms with Crippen molar-refractivity contribution < 1.29 is 27.4 Å². The smallest absolute Gasteiger partial charge is 0.452 e. The molecule has 1 atom stereocenters. The van der Waals surface area contributed by atoms with Crippen LogP contribution < -0.4 is 0 Å². The predicted octanol–water partition coefficient (Wildman–Crippen LogP) is 5.06. The maximum absolute atomic E-state index is 12.6. The van der Waals surface area contributed by atoms with Crippen molar-refractivity contribution in [3.05, 3.63) is 52.8 Å². The lowest BCUT2D eigenvalue weighted by atomic mass is 9.86. The molecule has 9 heteroatoms. The van der Waals surface area contributed by atoms with E-state index >= 15 is 0 Å². The van der Waals surface area contributed by atoms with E-state index in [-0.39, 0.29) is 11.2 Å². The second-order valence-corrected chi connectivity index (χ2v) is 8.34. The Morgan fingerprint density at radius 1 is 1.16 bits per heavy atom. The van der Waals surface area contributed by atoms with Crippen LogP contribution in [0.4, 0.5) is 13.2 Å². The number of aliphatic imine (C=N–C) groups is 1. The van der Waals surface area contributed by atoms with Crippen LogP contribution in [0.15, 0.2) is 35.3 Å². The predicted molar refractivity (Wildman–Crippen MR) is 117 cm³/mol. The van der Waals surface area contributed by atoms with E-state index in [1.165, 1.54) is 11.6 Å². The number of aromatic nitrogens is 2. The molecular formula is C23H28F3N3O3. The number of rotatable bonds is 6. The Kier molecular flexibility index (Phi) is 7.54. The van der Waals surface area contributed by atoms with Crippen molar-refractivity contribution in [2.75, 3.05) is 7.05 Å². The SMILES string of the molecule is C/N=C\C(=C(\OC(C)OC(=O)C(F)(F)F)c1cc(C)nn1C)c1ccc(C(C)(C)C)cc1. The summed E-state index contributed by atoms with van der Waals surface area (Å²) in [6, 6.07) is 9.43. The number of hydrogen-bond acceptors (Lipinski definition) is 5. The molecule has 0 radical (unpaired) electrons. The van der Waals surface area contributed by atoms with Crippen molar-refractivity contribution >= 4 is 23.5 Å². The Labute approximate surface area is 185 Å². The Morgan fingerprint density at radius 2 is 1.75 bits per heavy atom. The molecule has 1 unspecified atom stereocenters. The fourth-order valence-electron chi connectivity index (χ4n) is 3.04. The first-order valence-electron chi connectivity index (χ1n) is 9.97. The number of aryl methyl sites for hydroxylation is 2. The summed E-state index contributed by atoms with van der Waals surface area (Å²) < 4.78 is 49.6. The first-order valence-corrected chi connectivity index (χ1v) is 9.97. The van der Waals surface area contributed by atoms with Crippen LogP contribution in [0.5, 0.6) is 0 Å². The largest absolute Gasteiger partial charge is 0.491 e. The van der Waals surface area contributed by atoms with Gasteiger partial charge in [-0.2, -0.15) is 18.3 Å². The lowest BCUT2D eigenvalue weighted by Gasteiger charge is -2.22. The molecule has 0 saturated heterocycles. The van der Waals surface area contributed by atoms with E-state index in [4.69, 9.17) is 4.74 Å². The summed E-state index contributed by atoms with van der Waals surface area (Å²) in [4.78, 5) is 15.4. The Morgan fingerprint density at radius 3 is 2.19 bits per heavy atom. The standard InChI is InChI=1S/C23H28F3N3O3/c1-14-12-19(29(7)28-14)20(31-15(2)32-21(30)23(24,25)26)18(13-27-6)16-8-10-17(11-9-16)22(3,4)5/h8-13,15H,1-7H3/b20-18-,27-13-. The number of allylic oxidation sites excluding steroid dienone is 1. The minimum atomic E-state index is -5.12. The molecule has 0 saturated carbocycles. The summed E-state index contributed by atoms with van der Waals surface area (Å²) in [7, 11) is 3.25. The first kappa shape index (κ1) is 25.2. The summed E-state index contributed by atoms with van der Waals surface area (Å²) in [6.45, 7) is 9.28. The van der Waals surface area contributed by atoms with E-state index in [1.54, 1.807) is 33.3 Å². The molecule has 0 fully saturated rings. The maximum atomic E-state index is 12.6. The first-order chi connectivity index (χ1) is 14.7. The zero-order valence-corrected chi connectivity index (χ0v) is 19.2. The van der Waals surface area contributed by atoms with Gasteiger partial charge in [0, 0.05) is 32.8 Å². The number of ether oxygens (including phenoxy) is 2. The van der Waals surface area contributed by atoms with Gasteiger partial charge in [-0.1, -0.05) is 45.0 Å². The third-order valence-corrected chi connectivity index (χ3v) is 4.59. The number of halogens is 3. The monoisotopic (exact) mass is 451 g/mol. The molecule has 1 aromatic heterocycles. The van der Waals surface area contributed by atoms with Crippen molar-refractivity contribution in [2.24, 2.45) is 12.0 Å². The van der Waals surface area contributed by atoms with E-state index in [0.717, 1.165) is 11.1 Å². The molecule has 0 aliphatic heterocycles. The molecule has 1 heterocycles. The summed E-state index contributed by atoms with van der Waals surface area (Å²) >= 11 is 0. The van der Waals surface area contributed by atoms with Crippen LogP contribution in [0.2, 0.25) is 0 Å². The van der Waals surface area contributed by atoms with Gasteiger partial charge in [0.2, 0.25) is 6.29 Å². The van der Waals surface area contributed by atoms with E-state index in [9.17, 15) is 18.0 Å². The molecule has 0 aliphatic rings. The van der Waals surface area contributed by atoms with Gasteiger partial charge in [-0.05, 0) is 29.5 Å². The van der Waals surface area contributed by atoms with Gasteiger partial charge in [0.15, 0.2) is 5.76 Å². The van der Waals surface area contributed by atoms with Gasteiger partial charge in [0.05, 0.1) is 5.69 Å². The quantitative estimate of drug-likeness (QED) is 0.266. The van der Waals surface area contributed by atoms with Gasteiger partial charge in [-0.25, -0.2) is 4.79 Å². The van der Waals surface area contributed by atoms with Crippen LogP contribution in [0.3, 0.4) is 0 Å². The molecule has 0 bridgehead atoms. The maximum Gasteiger partial charge on any atom is 0.491 e. The fraction of sp³-hybridized carbons (Fsp3) is 0.435. The van der Waals surface area contributed by atoms with Gasteiger partial charge in [-0.15, -0.1) is 0 Å². The van der Waals surface area contributed by atoms with Crippen LogP contribution in [0.1, 0.15) is 50.2 Å². The normalized spacial score (nSPS) is 14.3. The summed E-state index contributed by atoms with van der Waals surface area (Å²) in [5, 5.41) is 4.29. The zero-order chi connectivity index (χ0) is 24.3. The van der Waals surface area contributed by atoms with Crippen molar-refractivity contribution in [1.29, 1.82) is 0 Å². The van der Waals surface area contributed by atoms with Crippen molar-refractivity contribution in [2.45, 2.75) is 52.5 Å². The average molecular weight is 451 g/mol. The number of esters is 1. The van der Waals surface area contributed by atoms with E-state index in [2.05, 4.69) is 35.6 Å². The molecular weight excluding hydrogens is 423 g/mol. The molecule has 2 aromatic rings. The number of benzene rings is 1. The topological polar surface area (TPSA) is 65.7 Å². The zero-order valence-electron chi connectivity index (χ0n) is 19.2. The summed E-state index contributed by atoms with van der Waals surface area (Å²) in [6.07, 6.45) is -5.09.